The Bertz CT molecular complexity index is 497. The van der Waals surface area contributed by atoms with Crippen LogP contribution < -0.4 is 21.1 Å². The van der Waals surface area contributed by atoms with Gasteiger partial charge in [-0.15, -0.1) is 0 Å². The second kappa shape index (κ2) is 4.83. The van der Waals surface area contributed by atoms with Gasteiger partial charge in [-0.3, -0.25) is 4.79 Å². The van der Waals surface area contributed by atoms with E-state index in [1.807, 2.05) is 18.2 Å². The number of rotatable bonds is 5. The third-order valence-corrected chi connectivity index (χ3v) is 3.90. The van der Waals surface area contributed by atoms with E-state index in [4.69, 9.17) is 10.5 Å². The Morgan fingerprint density at radius 3 is 3.00 bits per heavy atom. The SMILES string of the molecule is NCC1(CNCc2ccc3c(c2)NC(=O)CO3)CC1. The summed E-state index contributed by atoms with van der Waals surface area (Å²) in [6, 6.07) is 5.88. The van der Waals surface area contributed by atoms with Gasteiger partial charge in [0.1, 0.15) is 5.75 Å². The van der Waals surface area contributed by atoms with Crippen LogP contribution >= 0.6 is 0 Å². The highest BCUT2D eigenvalue weighted by atomic mass is 16.5. The second-order valence-electron chi connectivity index (χ2n) is 5.48. The van der Waals surface area contributed by atoms with Crippen molar-refractivity contribution in [2.45, 2.75) is 19.4 Å². The van der Waals surface area contributed by atoms with Gasteiger partial charge in [-0.2, -0.15) is 0 Å². The van der Waals surface area contributed by atoms with Gasteiger partial charge in [-0.25, -0.2) is 0 Å². The van der Waals surface area contributed by atoms with Crippen molar-refractivity contribution in [2.24, 2.45) is 11.1 Å². The lowest BCUT2D eigenvalue weighted by Gasteiger charge is -2.19. The number of ether oxygens (including phenoxy) is 1. The van der Waals surface area contributed by atoms with Crippen molar-refractivity contribution in [1.29, 1.82) is 0 Å². The fourth-order valence-electron chi connectivity index (χ4n) is 2.34. The standard InChI is InChI=1S/C14H19N3O2/c15-8-14(3-4-14)9-16-6-10-1-2-12-11(5-10)17-13(18)7-19-12/h1-2,5,16H,3-4,6-9,15H2,(H,17,18). The normalized spacial score (nSPS) is 19.3. The molecule has 1 heterocycles. The van der Waals surface area contributed by atoms with E-state index < -0.39 is 0 Å². The number of anilines is 1. The lowest BCUT2D eigenvalue weighted by atomic mass is 10.1. The van der Waals surface area contributed by atoms with Gasteiger partial charge in [0.05, 0.1) is 5.69 Å². The highest BCUT2D eigenvalue weighted by molar-refractivity contribution is 5.95. The molecule has 1 saturated carbocycles. The molecule has 1 amide bonds. The summed E-state index contributed by atoms with van der Waals surface area (Å²) in [5.41, 5.74) is 7.99. The molecule has 5 nitrogen and oxygen atoms in total. The Morgan fingerprint density at radius 2 is 2.26 bits per heavy atom. The maximum absolute atomic E-state index is 11.3. The maximum atomic E-state index is 11.3. The van der Waals surface area contributed by atoms with Crippen LogP contribution in [0.5, 0.6) is 5.75 Å². The van der Waals surface area contributed by atoms with Crippen molar-refractivity contribution in [3.8, 4) is 5.75 Å². The summed E-state index contributed by atoms with van der Waals surface area (Å²) in [6.07, 6.45) is 2.45. The van der Waals surface area contributed by atoms with Crippen LogP contribution in [0.4, 0.5) is 5.69 Å². The summed E-state index contributed by atoms with van der Waals surface area (Å²) in [7, 11) is 0. The fraction of sp³-hybridized carbons (Fsp3) is 0.500. The number of carbonyl (C=O) groups is 1. The second-order valence-corrected chi connectivity index (χ2v) is 5.48. The van der Waals surface area contributed by atoms with Crippen molar-refractivity contribution in [3.63, 3.8) is 0 Å². The van der Waals surface area contributed by atoms with Crippen LogP contribution in [0.25, 0.3) is 0 Å². The largest absolute Gasteiger partial charge is 0.482 e. The molecule has 1 aliphatic heterocycles. The van der Waals surface area contributed by atoms with Crippen LogP contribution in [-0.4, -0.2) is 25.6 Å². The number of benzene rings is 1. The molecule has 0 aromatic heterocycles. The third kappa shape index (κ3) is 2.72. The third-order valence-electron chi connectivity index (χ3n) is 3.90. The molecule has 1 aromatic carbocycles. The molecule has 1 aromatic rings. The molecule has 0 bridgehead atoms. The Morgan fingerprint density at radius 1 is 1.42 bits per heavy atom. The first-order chi connectivity index (χ1) is 9.21. The minimum Gasteiger partial charge on any atom is -0.482 e. The monoisotopic (exact) mass is 261 g/mol. The van der Waals surface area contributed by atoms with Crippen molar-refractivity contribution in [1.82, 2.24) is 5.32 Å². The Kier molecular flexibility index (Phi) is 3.16. The van der Waals surface area contributed by atoms with E-state index in [0.717, 1.165) is 36.6 Å². The molecular formula is C14H19N3O2. The summed E-state index contributed by atoms with van der Waals surface area (Å²) in [6.45, 7) is 2.60. The van der Waals surface area contributed by atoms with Gasteiger partial charge in [0, 0.05) is 13.1 Å². The maximum Gasteiger partial charge on any atom is 0.262 e. The zero-order valence-corrected chi connectivity index (χ0v) is 10.9. The zero-order chi connectivity index (χ0) is 13.3. The van der Waals surface area contributed by atoms with E-state index in [0.29, 0.717) is 5.41 Å². The Hall–Kier alpha value is -1.59. The lowest BCUT2D eigenvalue weighted by molar-refractivity contribution is -0.118. The van der Waals surface area contributed by atoms with Crippen LogP contribution in [0.15, 0.2) is 18.2 Å². The highest BCUT2D eigenvalue weighted by Gasteiger charge is 2.40. The van der Waals surface area contributed by atoms with Crippen molar-refractivity contribution in [2.75, 3.05) is 25.0 Å². The van der Waals surface area contributed by atoms with Gasteiger partial charge in [-0.1, -0.05) is 6.07 Å². The van der Waals surface area contributed by atoms with Crippen molar-refractivity contribution < 1.29 is 9.53 Å². The van der Waals surface area contributed by atoms with E-state index in [1.54, 1.807) is 0 Å². The van der Waals surface area contributed by atoms with Crippen LogP contribution in [0.3, 0.4) is 0 Å². The molecule has 19 heavy (non-hydrogen) atoms. The summed E-state index contributed by atoms with van der Waals surface area (Å²) in [5.74, 6) is 0.640. The molecule has 102 valence electrons. The number of fused-ring (bicyclic) bond motifs is 1. The molecule has 0 unspecified atom stereocenters. The minimum atomic E-state index is -0.0994. The minimum absolute atomic E-state index is 0.0994. The molecule has 0 atom stereocenters. The van der Waals surface area contributed by atoms with Crippen LogP contribution in [0, 0.1) is 5.41 Å². The van der Waals surface area contributed by atoms with E-state index in [9.17, 15) is 4.79 Å². The summed E-state index contributed by atoms with van der Waals surface area (Å²) >= 11 is 0. The Labute approximate surface area is 112 Å². The molecule has 1 fully saturated rings. The first kappa shape index (κ1) is 12.4. The van der Waals surface area contributed by atoms with E-state index in [1.165, 1.54) is 12.8 Å². The van der Waals surface area contributed by atoms with E-state index in [2.05, 4.69) is 10.6 Å². The molecule has 4 N–H and O–H groups in total. The smallest absolute Gasteiger partial charge is 0.262 e. The number of amides is 1. The first-order valence-corrected chi connectivity index (χ1v) is 6.67. The van der Waals surface area contributed by atoms with Crippen LogP contribution in [-0.2, 0) is 11.3 Å². The quantitative estimate of drug-likeness (QED) is 0.734. The molecule has 3 rings (SSSR count). The number of nitrogens with one attached hydrogen (secondary N) is 2. The molecule has 0 saturated heterocycles. The molecule has 1 aliphatic carbocycles. The summed E-state index contributed by atoms with van der Waals surface area (Å²) < 4.78 is 5.33. The predicted octanol–water partition coefficient (Wildman–Crippen LogP) is 0.846. The fourth-order valence-corrected chi connectivity index (χ4v) is 2.34. The number of carbonyl (C=O) groups excluding carboxylic acids is 1. The summed E-state index contributed by atoms with van der Waals surface area (Å²) in [4.78, 5) is 11.3. The van der Waals surface area contributed by atoms with Gasteiger partial charge in [0.15, 0.2) is 6.61 Å². The highest BCUT2D eigenvalue weighted by Crippen LogP contribution is 2.43. The van der Waals surface area contributed by atoms with E-state index in [-0.39, 0.29) is 12.5 Å². The van der Waals surface area contributed by atoms with Gasteiger partial charge < -0.3 is 21.1 Å². The molecule has 2 aliphatic rings. The molecular weight excluding hydrogens is 242 g/mol. The molecule has 0 radical (unpaired) electrons. The topological polar surface area (TPSA) is 76.4 Å². The van der Waals surface area contributed by atoms with Gasteiger partial charge in [-0.05, 0) is 42.5 Å². The number of hydrogen-bond donors (Lipinski definition) is 3. The van der Waals surface area contributed by atoms with Gasteiger partial charge in [0.25, 0.3) is 5.91 Å². The number of hydrogen-bond acceptors (Lipinski definition) is 4. The average Bonchev–Trinajstić information content (AvgIpc) is 3.19. The molecule has 5 heteroatoms. The number of nitrogens with two attached hydrogens (primary N) is 1. The molecule has 0 spiro atoms. The predicted molar refractivity (Wildman–Crippen MR) is 73.0 cm³/mol. The van der Waals surface area contributed by atoms with Crippen LogP contribution in [0.2, 0.25) is 0 Å². The van der Waals surface area contributed by atoms with Crippen LogP contribution in [0.1, 0.15) is 18.4 Å². The lowest BCUT2D eigenvalue weighted by Crippen LogP contribution is -2.29. The zero-order valence-electron chi connectivity index (χ0n) is 10.9. The summed E-state index contributed by atoms with van der Waals surface area (Å²) in [5, 5.41) is 6.26. The van der Waals surface area contributed by atoms with Gasteiger partial charge >= 0.3 is 0 Å². The van der Waals surface area contributed by atoms with Crippen molar-refractivity contribution >= 4 is 11.6 Å². The Balaban J connectivity index is 1.59. The first-order valence-electron chi connectivity index (χ1n) is 6.67. The van der Waals surface area contributed by atoms with Gasteiger partial charge in [0.2, 0.25) is 0 Å². The van der Waals surface area contributed by atoms with Crippen molar-refractivity contribution in [3.05, 3.63) is 23.8 Å². The van der Waals surface area contributed by atoms with E-state index >= 15 is 0 Å². The average molecular weight is 261 g/mol.